The van der Waals surface area contributed by atoms with Gasteiger partial charge in [-0.1, -0.05) is 42.5 Å². The normalized spacial score (nSPS) is 12.3. The highest BCUT2D eigenvalue weighted by atomic mass is 19.4. The third-order valence-corrected chi connectivity index (χ3v) is 3.37. The zero-order valence-corrected chi connectivity index (χ0v) is 13.7. The standard InChI is InChI=1S/C18H18F3NO4/c19-18(20,21)12-26-15-8-6-14(7-9-15)16(10-23)22-17(24)25-11-13-4-2-1-3-5-13/h1-9,16,23H,10-12H2,(H,22,24). The van der Waals surface area contributed by atoms with E-state index in [0.29, 0.717) is 5.56 Å². The first-order valence-electron chi connectivity index (χ1n) is 7.75. The van der Waals surface area contributed by atoms with E-state index < -0.39 is 31.5 Å². The summed E-state index contributed by atoms with van der Waals surface area (Å²) in [6, 6.07) is 13.9. The second-order valence-corrected chi connectivity index (χ2v) is 5.41. The Morgan fingerprint density at radius 3 is 2.31 bits per heavy atom. The van der Waals surface area contributed by atoms with E-state index in [1.54, 1.807) is 12.1 Å². The van der Waals surface area contributed by atoms with E-state index in [2.05, 4.69) is 10.1 Å². The lowest BCUT2D eigenvalue weighted by Crippen LogP contribution is -2.31. The van der Waals surface area contributed by atoms with Gasteiger partial charge in [-0.05, 0) is 23.3 Å². The second-order valence-electron chi connectivity index (χ2n) is 5.41. The molecule has 2 aromatic carbocycles. The second kappa shape index (κ2) is 9.10. The van der Waals surface area contributed by atoms with Gasteiger partial charge in [0.15, 0.2) is 6.61 Å². The van der Waals surface area contributed by atoms with Crippen molar-refractivity contribution in [3.8, 4) is 5.75 Å². The number of aliphatic hydroxyl groups excluding tert-OH is 1. The fourth-order valence-corrected chi connectivity index (χ4v) is 2.10. The number of alkyl carbamates (subject to hydrolysis) is 1. The summed E-state index contributed by atoms with van der Waals surface area (Å²) in [5.41, 5.74) is 1.32. The third-order valence-electron chi connectivity index (χ3n) is 3.37. The number of hydrogen-bond donors (Lipinski definition) is 2. The third kappa shape index (κ3) is 6.64. The summed E-state index contributed by atoms with van der Waals surface area (Å²) < 4.78 is 46.0. The highest BCUT2D eigenvalue weighted by Crippen LogP contribution is 2.21. The lowest BCUT2D eigenvalue weighted by atomic mass is 10.1. The first-order valence-corrected chi connectivity index (χ1v) is 7.75. The Balaban J connectivity index is 1.88. The van der Waals surface area contributed by atoms with Gasteiger partial charge in [-0.25, -0.2) is 4.79 Å². The van der Waals surface area contributed by atoms with E-state index >= 15 is 0 Å². The van der Waals surface area contributed by atoms with Crippen molar-refractivity contribution in [2.75, 3.05) is 13.2 Å². The van der Waals surface area contributed by atoms with E-state index in [1.165, 1.54) is 24.3 Å². The van der Waals surface area contributed by atoms with Crippen LogP contribution in [0.15, 0.2) is 54.6 Å². The summed E-state index contributed by atoms with van der Waals surface area (Å²) in [6.45, 7) is -1.71. The molecule has 2 aromatic rings. The number of hydrogen-bond acceptors (Lipinski definition) is 4. The molecular formula is C18H18F3NO4. The molecule has 0 aliphatic rings. The van der Waals surface area contributed by atoms with Gasteiger partial charge in [-0.3, -0.25) is 0 Å². The first kappa shape index (κ1) is 19.6. The first-order chi connectivity index (χ1) is 12.4. The van der Waals surface area contributed by atoms with Crippen molar-refractivity contribution in [1.82, 2.24) is 5.32 Å². The predicted molar refractivity (Wildman–Crippen MR) is 87.6 cm³/mol. The van der Waals surface area contributed by atoms with Gasteiger partial charge in [-0.15, -0.1) is 0 Å². The number of carbonyl (C=O) groups excluding carboxylic acids is 1. The number of ether oxygens (including phenoxy) is 2. The van der Waals surface area contributed by atoms with E-state index in [1.807, 2.05) is 18.2 Å². The molecular weight excluding hydrogens is 351 g/mol. The average molecular weight is 369 g/mol. The maximum absolute atomic E-state index is 12.1. The summed E-state index contributed by atoms with van der Waals surface area (Å²) >= 11 is 0. The van der Waals surface area contributed by atoms with Crippen LogP contribution < -0.4 is 10.1 Å². The van der Waals surface area contributed by atoms with Crippen molar-refractivity contribution in [2.24, 2.45) is 0 Å². The van der Waals surface area contributed by atoms with Gasteiger partial charge >= 0.3 is 12.3 Å². The minimum atomic E-state index is -4.42. The summed E-state index contributed by atoms with van der Waals surface area (Å²) in [7, 11) is 0. The van der Waals surface area contributed by atoms with Crippen molar-refractivity contribution in [3.63, 3.8) is 0 Å². The molecule has 0 saturated carbocycles. The molecule has 0 heterocycles. The molecule has 2 rings (SSSR count). The topological polar surface area (TPSA) is 67.8 Å². The van der Waals surface area contributed by atoms with Crippen LogP contribution in [-0.2, 0) is 11.3 Å². The van der Waals surface area contributed by atoms with E-state index in [9.17, 15) is 23.1 Å². The number of amides is 1. The van der Waals surface area contributed by atoms with Crippen LogP contribution in [0.2, 0.25) is 0 Å². The van der Waals surface area contributed by atoms with Gasteiger partial charge < -0.3 is 19.9 Å². The van der Waals surface area contributed by atoms with Crippen LogP contribution in [0.5, 0.6) is 5.75 Å². The monoisotopic (exact) mass is 369 g/mol. The number of aliphatic hydroxyl groups is 1. The molecule has 5 nitrogen and oxygen atoms in total. The van der Waals surface area contributed by atoms with Crippen molar-refractivity contribution in [3.05, 3.63) is 65.7 Å². The van der Waals surface area contributed by atoms with Gasteiger partial charge in [0, 0.05) is 0 Å². The molecule has 140 valence electrons. The number of carbonyl (C=O) groups is 1. The van der Waals surface area contributed by atoms with Crippen molar-refractivity contribution in [1.29, 1.82) is 0 Å². The van der Waals surface area contributed by atoms with Crippen LogP contribution in [0.3, 0.4) is 0 Å². The lowest BCUT2D eigenvalue weighted by molar-refractivity contribution is -0.153. The van der Waals surface area contributed by atoms with E-state index in [-0.39, 0.29) is 12.4 Å². The smallest absolute Gasteiger partial charge is 0.422 e. The van der Waals surface area contributed by atoms with Gasteiger partial charge in [0.1, 0.15) is 12.4 Å². The van der Waals surface area contributed by atoms with Gasteiger partial charge in [0.05, 0.1) is 12.6 Å². The van der Waals surface area contributed by atoms with Crippen molar-refractivity contribution >= 4 is 6.09 Å². The van der Waals surface area contributed by atoms with Crippen LogP contribution >= 0.6 is 0 Å². The lowest BCUT2D eigenvalue weighted by Gasteiger charge is -2.17. The number of halogens is 3. The van der Waals surface area contributed by atoms with Crippen LogP contribution in [0.4, 0.5) is 18.0 Å². The molecule has 0 fully saturated rings. The summed E-state index contributed by atoms with van der Waals surface area (Å²) in [4.78, 5) is 11.8. The molecule has 26 heavy (non-hydrogen) atoms. The largest absolute Gasteiger partial charge is 0.484 e. The minimum Gasteiger partial charge on any atom is -0.484 e. The Morgan fingerprint density at radius 2 is 1.73 bits per heavy atom. The van der Waals surface area contributed by atoms with Gasteiger partial charge in [-0.2, -0.15) is 13.2 Å². The number of benzene rings is 2. The molecule has 1 amide bonds. The highest BCUT2D eigenvalue weighted by Gasteiger charge is 2.28. The van der Waals surface area contributed by atoms with Crippen LogP contribution in [0, 0.1) is 0 Å². The summed E-state index contributed by atoms with van der Waals surface area (Å²) in [5, 5.41) is 11.9. The van der Waals surface area contributed by atoms with Gasteiger partial charge in [0.25, 0.3) is 0 Å². The molecule has 0 saturated heterocycles. The van der Waals surface area contributed by atoms with Crippen LogP contribution in [0.1, 0.15) is 17.2 Å². The number of nitrogens with one attached hydrogen (secondary N) is 1. The molecule has 0 aliphatic carbocycles. The zero-order valence-electron chi connectivity index (χ0n) is 13.7. The molecule has 0 aromatic heterocycles. The fraction of sp³-hybridized carbons (Fsp3) is 0.278. The minimum absolute atomic E-state index is 0.0365. The SMILES string of the molecule is O=C(NC(CO)c1ccc(OCC(F)(F)F)cc1)OCc1ccccc1. The molecule has 8 heteroatoms. The zero-order chi connectivity index (χ0) is 19.0. The number of alkyl halides is 3. The van der Waals surface area contributed by atoms with E-state index in [0.717, 1.165) is 5.56 Å². The quantitative estimate of drug-likeness (QED) is 0.783. The molecule has 2 N–H and O–H groups in total. The van der Waals surface area contributed by atoms with Crippen LogP contribution in [-0.4, -0.2) is 30.6 Å². The Morgan fingerprint density at radius 1 is 1.08 bits per heavy atom. The van der Waals surface area contributed by atoms with Crippen molar-refractivity contribution < 1.29 is 32.5 Å². The Bertz CT molecular complexity index is 690. The van der Waals surface area contributed by atoms with E-state index in [4.69, 9.17) is 4.74 Å². The molecule has 0 radical (unpaired) electrons. The average Bonchev–Trinajstić information content (AvgIpc) is 2.63. The Kier molecular flexibility index (Phi) is 6.85. The molecule has 1 atom stereocenters. The summed E-state index contributed by atoms with van der Waals surface area (Å²) in [5.74, 6) is 0.0365. The maximum atomic E-state index is 12.1. The highest BCUT2D eigenvalue weighted by molar-refractivity contribution is 5.68. The Labute approximate surface area is 148 Å². The van der Waals surface area contributed by atoms with Crippen LogP contribution in [0.25, 0.3) is 0 Å². The van der Waals surface area contributed by atoms with Gasteiger partial charge in [0.2, 0.25) is 0 Å². The molecule has 0 spiro atoms. The predicted octanol–water partition coefficient (Wildman–Crippen LogP) is 3.59. The van der Waals surface area contributed by atoms with Crippen molar-refractivity contribution in [2.45, 2.75) is 18.8 Å². The molecule has 0 aliphatic heterocycles. The fourth-order valence-electron chi connectivity index (χ4n) is 2.10. The maximum Gasteiger partial charge on any atom is 0.422 e. The summed E-state index contributed by atoms with van der Waals surface area (Å²) in [6.07, 6.45) is -5.14. The Hall–Kier alpha value is -2.74. The molecule has 1 unspecified atom stereocenters. The number of rotatable bonds is 7. The molecule has 0 bridgehead atoms.